The van der Waals surface area contributed by atoms with E-state index in [0.717, 1.165) is 5.56 Å². The second kappa shape index (κ2) is 9.10. The highest BCUT2D eigenvalue weighted by Gasteiger charge is 2.31. The van der Waals surface area contributed by atoms with Crippen LogP contribution in [-0.2, 0) is 11.2 Å². The van der Waals surface area contributed by atoms with E-state index in [1.165, 1.54) is 0 Å². The van der Waals surface area contributed by atoms with E-state index in [2.05, 4.69) is 10.6 Å². The molecule has 3 aromatic carbocycles. The zero-order valence-corrected chi connectivity index (χ0v) is 17.7. The minimum Gasteiger partial charge on any atom is -0.479 e. The molecule has 4 rings (SSSR count). The van der Waals surface area contributed by atoms with E-state index in [9.17, 15) is 9.59 Å². The number of hydrogen-bond donors (Lipinski definition) is 2. The fourth-order valence-corrected chi connectivity index (χ4v) is 3.65. The summed E-state index contributed by atoms with van der Waals surface area (Å²) in [4.78, 5) is 26.9. The minimum absolute atomic E-state index is 0.107. The first-order valence-corrected chi connectivity index (χ1v) is 10.4. The lowest BCUT2D eigenvalue weighted by molar-refractivity contribution is -0.125. The van der Waals surface area contributed by atoms with Crippen molar-refractivity contribution in [1.82, 2.24) is 0 Å². The number of halogens is 1. The summed E-state index contributed by atoms with van der Waals surface area (Å²) in [7, 11) is 0. The van der Waals surface area contributed by atoms with Crippen LogP contribution in [0, 0.1) is 0 Å². The average molecular weight is 436 g/mol. The van der Waals surface area contributed by atoms with Gasteiger partial charge in [-0.05, 0) is 55.3 Å². The van der Waals surface area contributed by atoms with E-state index < -0.39 is 12.1 Å². The number of carbonyl (C=O) groups excluding carboxylic acids is 2. The van der Waals surface area contributed by atoms with Gasteiger partial charge in [0.1, 0.15) is 5.75 Å². The number of nitrogens with zero attached hydrogens (tertiary/aromatic N) is 1. The van der Waals surface area contributed by atoms with Crippen LogP contribution in [0.4, 0.5) is 21.9 Å². The molecule has 3 amide bonds. The van der Waals surface area contributed by atoms with Gasteiger partial charge in [0.25, 0.3) is 5.91 Å². The average Bonchev–Trinajstić information content (AvgIpc) is 2.75. The van der Waals surface area contributed by atoms with Gasteiger partial charge in [-0.25, -0.2) is 4.79 Å². The third-order valence-electron chi connectivity index (χ3n) is 4.97. The largest absolute Gasteiger partial charge is 0.479 e. The molecule has 0 fully saturated rings. The summed E-state index contributed by atoms with van der Waals surface area (Å²) in [6, 6.07) is 21.7. The Balaban J connectivity index is 1.51. The monoisotopic (exact) mass is 435 g/mol. The van der Waals surface area contributed by atoms with Gasteiger partial charge >= 0.3 is 6.03 Å². The van der Waals surface area contributed by atoms with Crippen molar-refractivity contribution >= 4 is 40.6 Å². The predicted octanol–water partition coefficient (Wildman–Crippen LogP) is 5.34. The third-order valence-corrected chi connectivity index (χ3v) is 5.21. The zero-order chi connectivity index (χ0) is 21.8. The van der Waals surface area contributed by atoms with Crippen LogP contribution >= 0.6 is 11.6 Å². The van der Waals surface area contributed by atoms with Crippen LogP contribution < -0.4 is 20.3 Å². The van der Waals surface area contributed by atoms with E-state index in [-0.39, 0.29) is 5.91 Å². The van der Waals surface area contributed by atoms with Crippen LogP contribution in [0.3, 0.4) is 0 Å². The van der Waals surface area contributed by atoms with Crippen molar-refractivity contribution < 1.29 is 14.3 Å². The van der Waals surface area contributed by atoms with Gasteiger partial charge in [0.15, 0.2) is 6.10 Å². The Bertz CT molecular complexity index is 1100. The molecule has 0 spiro atoms. The van der Waals surface area contributed by atoms with E-state index in [1.807, 2.05) is 30.3 Å². The Morgan fingerprint density at radius 2 is 1.74 bits per heavy atom. The van der Waals surface area contributed by atoms with Crippen LogP contribution in [0.1, 0.15) is 12.5 Å². The molecule has 6 nitrogen and oxygen atoms in total. The number of hydrogen-bond acceptors (Lipinski definition) is 3. The zero-order valence-electron chi connectivity index (χ0n) is 17.0. The summed E-state index contributed by atoms with van der Waals surface area (Å²) in [6.45, 7) is 2.26. The van der Waals surface area contributed by atoms with Crippen LogP contribution in [0.5, 0.6) is 5.75 Å². The Morgan fingerprint density at radius 3 is 2.48 bits per heavy atom. The summed E-state index contributed by atoms with van der Waals surface area (Å²) in [5.74, 6) is 0.505. The Hall–Kier alpha value is -3.51. The van der Waals surface area contributed by atoms with Gasteiger partial charge in [0.2, 0.25) is 0 Å². The maximum Gasteiger partial charge on any atom is 0.323 e. The fraction of sp³-hybridized carbons (Fsp3) is 0.167. The molecule has 1 unspecified atom stereocenters. The Morgan fingerprint density at radius 1 is 1.00 bits per heavy atom. The molecule has 1 aliphatic rings. The number of fused-ring (bicyclic) bond motifs is 1. The number of anilines is 3. The highest BCUT2D eigenvalue weighted by molar-refractivity contribution is 6.30. The lowest BCUT2D eigenvalue weighted by Crippen LogP contribution is -2.45. The molecule has 0 radical (unpaired) electrons. The summed E-state index contributed by atoms with van der Waals surface area (Å²) in [5.41, 5.74) is 2.92. The number of rotatable bonds is 5. The molecule has 3 aromatic rings. The lowest BCUT2D eigenvalue weighted by atomic mass is 10.1. The van der Waals surface area contributed by atoms with Crippen LogP contribution in [0.2, 0.25) is 5.02 Å². The van der Waals surface area contributed by atoms with Crippen LogP contribution in [0.15, 0.2) is 72.8 Å². The summed E-state index contributed by atoms with van der Waals surface area (Å²) < 4.78 is 5.76. The smallest absolute Gasteiger partial charge is 0.323 e. The first kappa shape index (κ1) is 20.8. The molecule has 0 saturated carbocycles. The van der Waals surface area contributed by atoms with Crippen LogP contribution in [0.25, 0.3) is 0 Å². The van der Waals surface area contributed by atoms with E-state index in [0.29, 0.717) is 40.8 Å². The summed E-state index contributed by atoms with van der Waals surface area (Å²) in [5, 5.41) is 6.07. The minimum atomic E-state index is -0.562. The molecule has 1 aliphatic heterocycles. The molecule has 0 aliphatic carbocycles. The van der Waals surface area contributed by atoms with Crippen molar-refractivity contribution in [2.75, 3.05) is 22.1 Å². The molecular formula is C24H22ClN3O3. The van der Waals surface area contributed by atoms with Gasteiger partial charge in [-0.3, -0.25) is 4.79 Å². The number of carbonyl (C=O) groups is 2. The maximum atomic E-state index is 12.8. The van der Waals surface area contributed by atoms with Crippen molar-refractivity contribution in [1.29, 1.82) is 0 Å². The standard InChI is InChI=1S/C24H22ClN3O3/c1-16-23(29)28(13-12-17-6-3-2-4-7-17)21-15-20(10-11-22(21)31-16)27-24(30)26-19-9-5-8-18(25)14-19/h2-11,14-16H,12-13H2,1H3,(H2,26,27,30). The second-order valence-corrected chi connectivity index (χ2v) is 7.69. The maximum absolute atomic E-state index is 12.8. The number of nitrogens with one attached hydrogen (secondary N) is 2. The normalized spacial score (nSPS) is 15.1. The molecule has 0 bridgehead atoms. The molecule has 31 heavy (non-hydrogen) atoms. The van der Waals surface area contributed by atoms with E-state index in [1.54, 1.807) is 54.3 Å². The third kappa shape index (κ3) is 4.98. The van der Waals surface area contributed by atoms with Crippen molar-refractivity contribution in [2.45, 2.75) is 19.4 Å². The highest BCUT2D eigenvalue weighted by atomic mass is 35.5. The van der Waals surface area contributed by atoms with Crippen molar-refractivity contribution in [3.05, 3.63) is 83.4 Å². The van der Waals surface area contributed by atoms with Gasteiger partial charge in [0, 0.05) is 22.9 Å². The molecule has 1 atom stereocenters. The van der Waals surface area contributed by atoms with E-state index >= 15 is 0 Å². The fourth-order valence-electron chi connectivity index (χ4n) is 3.46. The molecule has 0 aromatic heterocycles. The number of urea groups is 1. The van der Waals surface area contributed by atoms with Gasteiger partial charge in [-0.1, -0.05) is 48.0 Å². The van der Waals surface area contributed by atoms with Gasteiger partial charge in [-0.2, -0.15) is 0 Å². The molecule has 1 heterocycles. The van der Waals surface area contributed by atoms with E-state index in [4.69, 9.17) is 16.3 Å². The van der Waals surface area contributed by atoms with Gasteiger partial charge in [0.05, 0.1) is 5.69 Å². The molecular weight excluding hydrogens is 414 g/mol. The number of amides is 3. The topological polar surface area (TPSA) is 70.7 Å². The van der Waals surface area contributed by atoms with Crippen LogP contribution in [-0.4, -0.2) is 24.6 Å². The Kier molecular flexibility index (Phi) is 6.09. The molecule has 7 heteroatoms. The highest BCUT2D eigenvalue weighted by Crippen LogP contribution is 2.36. The molecule has 158 valence electrons. The predicted molar refractivity (Wildman–Crippen MR) is 123 cm³/mol. The lowest BCUT2D eigenvalue weighted by Gasteiger charge is -2.33. The van der Waals surface area contributed by atoms with Crippen molar-refractivity contribution in [3.63, 3.8) is 0 Å². The first-order valence-electron chi connectivity index (χ1n) is 9.99. The van der Waals surface area contributed by atoms with Crippen molar-refractivity contribution in [2.24, 2.45) is 0 Å². The van der Waals surface area contributed by atoms with Gasteiger partial charge < -0.3 is 20.3 Å². The Labute approximate surface area is 185 Å². The SMILES string of the molecule is CC1Oc2ccc(NC(=O)Nc3cccc(Cl)c3)cc2N(CCc2ccccc2)C1=O. The van der Waals surface area contributed by atoms with Crippen molar-refractivity contribution in [3.8, 4) is 5.75 Å². The summed E-state index contributed by atoms with van der Waals surface area (Å²) >= 11 is 5.96. The molecule has 2 N–H and O–H groups in total. The number of ether oxygens (including phenoxy) is 1. The molecule has 0 saturated heterocycles. The number of benzene rings is 3. The second-order valence-electron chi connectivity index (χ2n) is 7.26. The first-order chi connectivity index (χ1) is 15.0. The van der Waals surface area contributed by atoms with Gasteiger partial charge in [-0.15, -0.1) is 0 Å². The quantitative estimate of drug-likeness (QED) is 0.568. The summed E-state index contributed by atoms with van der Waals surface area (Å²) in [6.07, 6.45) is 0.152.